The fourth-order valence-corrected chi connectivity index (χ4v) is 5.02. The lowest BCUT2D eigenvalue weighted by atomic mass is 9.77. The van der Waals surface area contributed by atoms with Crippen molar-refractivity contribution in [2.75, 3.05) is 32.2 Å². The first-order chi connectivity index (χ1) is 15.5. The van der Waals surface area contributed by atoms with Crippen LogP contribution in [0.1, 0.15) is 5.56 Å². The fraction of sp³-hybridized carbons (Fsp3) is 0.360. The minimum atomic E-state index is -0.736. The molecule has 0 saturated carbocycles. The minimum Gasteiger partial charge on any atom is -0.497 e. The maximum absolute atomic E-state index is 13.4. The van der Waals surface area contributed by atoms with E-state index in [0.717, 1.165) is 22.7 Å². The predicted octanol–water partition coefficient (Wildman–Crippen LogP) is 2.35. The lowest BCUT2D eigenvalue weighted by Gasteiger charge is -2.23. The summed E-state index contributed by atoms with van der Waals surface area (Å²) in [5.74, 6) is 0.286. The van der Waals surface area contributed by atoms with Crippen LogP contribution in [0, 0.1) is 11.8 Å². The van der Waals surface area contributed by atoms with Crippen LogP contribution in [0.3, 0.4) is 0 Å². The molecule has 2 fully saturated rings. The number of nitrogens with one attached hydrogen (secondary N) is 1. The first-order valence-electron chi connectivity index (χ1n) is 10.8. The van der Waals surface area contributed by atoms with Crippen LogP contribution in [-0.2, 0) is 20.7 Å². The minimum absolute atomic E-state index is 0.0719. The summed E-state index contributed by atoms with van der Waals surface area (Å²) in [5.41, 5.74) is 1.15. The van der Waals surface area contributed by atoms with Crippen LogP contribution < -0.4 is 19.7 Å². The predicted molar refractivity (Wildman–Crippen MR) is 119 cm³/mol. The molecule has 1 spiro atoms. The summed E-state index contributed by atoms with van der Waals surface area (Å²) in [5, 5.41) is 3.01. The van der Waals surface area contributed by atoms with Crippen LogP contribution >= 0.6 is 0 Å². The monoisotopic (exact) mass is 434 g/mol. The molecule has 1 N–H and O–H groups in total. The third kappa shape index (κ3) is 3.33. The van der Waals surface area contributed by atoms with Gasteiger partial charge in [-0.2, -0.15) is 0 Å². The SMILES string of the molecule is COc1ccc(CCNC(=O)C2[C@H]3C(=O)N(c4ccc(OC)cc4)C[C@]34C=C[C@H]2O4)cc1. The molecular formula is C25H26N2O5. The summed E-state index contributed by atoms with van der Waals surface area (Å²) in [6.45, 7) is 0.902. The molecule has 3 aliphatic heterocycles. The number of anilines is 1. The zero-order chi connectivity index (χ0) is 22.3. The standard InChI is InChI=1S/C25H26N2O5/c1-30-18-7-3-16(4-8-18)12-14-26-23(28)21-20-11-13-25(32-20)15-27(24(29)22(21)25)17-5-9-19(31-2)10-6-17/h3-11,13,20-22H,12,14-15H2,1-2H3,(H,26,28)/t20-,21?,22+,25-/m1/s1. The number of fused-ring (bicyclic) bond motifs is 1. The molecule has 2 bridgehead atoms. The van der Waals surface area contributed by atoms with Crippen molar-refractivity contribution in [2.24, 2.45) is 11.8 Å². The molecule has 2 saturated heterocycles. The third-order valence-electron chi connectivity index (χ3n) is 6.66. The molecule has 3 aliphatic rings. The van der Waals surface area contributed by atoms with Gasteiger partial charge in [0.2, 0.25) is 11.8 Å². The van der Waals surface area contributed by atoms with Crippen LogP contribution in [0.25, 0.3) is 0 Å². The Morgan fingerprint density at radius 3 is 2.41 bits per heavy atom. The smallest absolute Gasteiger partial charge is 0.234 e. The number of hydrogen-bond donors (Lipinski definition) is 1. The Kier molecular flexibility index (Phi) is 5.13. The van der Waals surface area contributed by atoms with Crippen LogP contribution in [-0.4, -0.2) is 50.8 Å². The number of carbonyl (C=O) groups is 2. The van der Waals surface area contributed by atoms with E-state index < -0.39 is 17.4 Å². The van der Waals surface area contributed by atoms with E-state index in [0.29, 0.717) is 19.5 Å². The topological polar surface area (TPSA) is 77.1 Å². The maximum atomic E-state index is 13.4. The van der Waals surface area contributed by atoms with E-state index in [1.807, 2.05) is 60.7 Å². The average Bonchev–Trinajstić information content (AvgIpc) is 3.48. The lowest BCUT2D eigenvalue weighted by molar-refractivity contribution is -0.131. The highest BCUT2D eigenvalue weighted by molar-refractivity contribution is 6.03. The van der Waals surface area contributed by atoms with Crippen molar-refractivity contribution in [1.29, 1.82) is 0 Å². The van der Waals surface area contributed by atoms with E-state index in [2.05, 4.69) is 5.32 Å². The molecule has 32 heavy (non-hydrogen) atoms. The van der Waals surface area contributed by atoms with Gasteiger partial charge in [-0.05, 0) is 48.4 Å². The number of ether oxygens (including phenoxy) is 3. The second-order valence-corrected chi connectivity index (χ2v) is 8.41. The van der Waals surface area contributed by atoms with Gasteiger partial charge in [-0.3, -0.25) is 9.59 Å². The van der Waals surface area contributed by atoms with Gasteiger partial charge in [0.15, 0.2) is 0 Å². The fourth-order valence-electron chi connectivity index (χ4n) is 5.02. The van der Waals surface area contributed by atoms with E-state index in [9.17, 15) is 9.59 Å². The Labute approximate surface area is 186 Å². The van der Waals surface area contributed by atoms with Gasteiger partial charge >= 0.3 is 0 Å². The summed E-state index contributed by atoms with van der Waals surface area (Å²) >= 11 is 0. The van der Waals surface area contributed by atoms with Crippen molar-refractivity contribution < 1.29 is 23.8 Å². The molecule has 166 valence electrons. The third-order valence-corrected chi connectivity index (χ3v) is 6.66. The Bertz CT molecular complexity index is 1050. The molecule has 1 unspecified atom stereocenters. The molecular weight excluding hydrogens is 408 g/mol. The van der Waals surface area contributed by atoms with E-state index in [1.165, 1.54) is 0 Å². The summed E-state index contributed by atoms with van der Waals surface area (Å²) in [7, 11) is 3.24. The molecule has 0 aromatic heterocycles. The van der Waals surface area contributed by atoms with E-state index in [-0.39, 0.29) is 17.9 Å². The van der Waals surface area contributed by atoms with Gasteiger partial charge in [0.05, 0.1) is 38.7 Å². The number of methoxy groups -OCH3 is 2. The maximum Gasteiger partial charge on any atom is 0.234 e. The van der Waals surface area contributed by atoms with Gasteiger partial charge in [0, 0.05) is 12.2 Å². The average molecular weight is 434 g/mol. The van der Waals surface area contributed by atoms with Crippen LogP contribution in [0.4, 0.5) is 5.69 Å². The summed E-state index contributed by atoms with van der Waals surface area (Å²) in [4.78, 5) is 28.2. The van der Waals surface area contributed by atoms with Crippen LogP contribution in [0.15, 0.2) is 60.7 Å². The highest BCUT2D eigenvalue weighted by Gasteiger charge is 2.67. The molecule has 0 radical (unpaired) electrons. The van der Waals surface area contributed by atoms with Crippen molar-refractivity contribution in [1.82, 2.24) is 5.32 Å². The normalized spacial score (nSPS) is 27.5. The number of carbonyl (C=O) groups excluding carboxylic acids is 2. The molecule has 2 aromatic carbocycles. The van der Waals surface area contributed by atoms with Gasteiger partial charge in [-0.15, -0.1) is 0 Å². The molecule has 0 aliphatic carbocycles. The largest absolute Gasteiger partial charge is 0.497 e. The zero-order valence-electron chi connectivity index (χ0n) is 18.1. The second-order valence-electron chi connectivity index (χ2n) is 8.41. The number of amides is 2. The van der Waals surface area contributed by atoms with Crippen molar-refractivity contribution in [3.8, 4) is 11.5 Å². The van der Waals surface area contributed by atoms with Gasteiger partial charge in [0.1, 0.15) is 17.1 Å². The Hall–Kier alpha value is -3.32. The molecule has 2 amide bonds. The summed E-state index contributed by atoms with van der Waals surface area (Å²) in [6.07, 6.45) is 4.23. The summed E-state index contributed by atoms with van der Waals surface area (Å²) < 4.78 is 16.6. The number of hydrogen-bond acceptors (Lipinski definition) is 5. The van der Waals surface area contributed by atoms with Crippen molar-refractivity contribution in [2.45, 2.75) is 18.1 Å². The number of benzene rings is 2. The zero-order valence-corrected chi connectivity index (χ0v) is 18.1. The van der Waals surface area contributed by atoms with Crippen molar-refractivity contribution >= 4 is 17.5 Å². The van der Waals surface area contributed by atoms with Gasteiger partial charge in [0.25, 0.3) is 0 Å². The summed E-state index contributed by atoms with van der Waals surface area (Å²) in [6, 6.07) is 15.1. The Morgan fingerprint density at radius 2 is 1.75 bits per heavy atom. The molecule has 7 heteroatoms. The van der Waals surface area contributed by atoms with Crippen LogP contribution in [0.2, 0.25) is 0 Å². The van der Waals surface area contributed by atoms with Gasteiger partial charge in [-0.1, -0.05) is 24.3 Å². The Morgan fingerprint density at radius 1 is 1.09 bits per heavy atom. The van der Waals surface area contributed by atoms with E-state index in [1.54, 1.807) is 19.1 Å². The second kappa shape index (κ2) is 7.98. The van der Waals surface area contributed by atoms with Crippen molar-refractivity contribution in [3.05, 3.63) is 66.2 Å². The van der Waals surface area contributed by atoms with Crippen molar-refractivity contribution in [3.63, 3.8) is 0 Å². The molecule has 2 aromatic rings. The Balaban J connectivity index is 1.27. The van der Waals surface area contributed by atoms with Gasteiger partial charge in [-0.25, -0.2) is 0 Å². The lowest BCUT2D eigenvalue weighted by Crippen LogP contribution is -2.44. The first kappa shape index (κ1) is 20.6. The molecule has 3 heterocycles. The molecule has 5 rings (SSSR count). The van der Waals surface area contributed by atoms with E-state index in [4.69, 9.17) is 14.2 Å². The quantitative estimate of drug-likeness (QED) is 0.677. The molecule has 4 atom stereocenters. The first-order valence-corrected chi connectivity index (χ1v) is 10.8. The van der Waals surface area contributed by atoms with Gasteiger partial charge < -0.3 is 24.4 Å². The van der Waals surface area contributed by atoms with E-state index >= 15 is 0 Å². The highest BCUT2D eigenvalue weighted by Crippen LogP contribution is 2.52. The van der Waals surface area contributed by atoms with Crippen LogP contribution in [0.5, 0.6) is 11.5 Å². The molecule has 7 nitrogen and oxygen atoms in total. The highest BCUT2D eigenvalue weighted by atomic mass is 16.5. The number of rotatable bonds is 7. The number of nitrogens with zero attached hydrogens (tertiary/aromatic N) is 1.